The molecule has 1 aliphatic rings. The summed E-state index contributed by atoms with van der Waals surface area (Å²) in [6.45, 7) is 1.06. The molecule has 4 heteroatoms. The van der Waals surface area contributed by atoms with E-state index in [1.165, 1.54) is 0 Å². The van der Waals surface area contributed by atoms with Crippen LogP contribution in [-0.4, -0.2) is 37.1 Å². The number of rotatable bonds is 1. The van der Waals surface area contributed by atoms with Crippen molar-refractivity contribution in [1.29, 1.82) is 0 Å². The maximum absolute atomic E-state index is 9.98. The lowest BCUT2D eigenvalue weighted by Gasteiger charge is -2.27. The first-order chi connectivity index (χ1) is 9.25. The SMILES string of the molecule is CN1CC(O)CN=C(c2cccs2)c2ccccc21. The Kier molecular flexibility index (Phi) is 3.36. The number of hydrogen-bond donors (Lipinski definition) is 1. The molecule has 1 atom stereocenters. The largest absolute Gasteiger partial charge is 0.389 e. The molecule has 0 saturated carbocycles. The number of aliphatic hydroxyl groups excluding tert-OH is 1. The summed E-state index contributed by atoms with van der Waals surface area (Å²) < 4.78 is 0. The second-order valence-corrected chi connectivity index (χ2v) is 5.67. The Balaban J connectivity index is 2.15. The molecule has 1 unspecified atom stereocenters. The number of β-amino-alcohol motifs (C(OH)–C–C–N with tert-alkyl or cyclic N) is 1. The van der Waals surface area contributed by atoms with Crippen molar-refractivity contribution >= 4 is 22.7 Å². The number of fused-ring (bicyclic) bond motifs is 1. The topological polar surface area (TPSA) is 35.8 Å². The van der Waals surface area contributed by atoms with Crippen LogP contribution < -0.4 is 4.90 Å². The van der Waals surface area contributed by atoms with E-state index in [2.05, 4.69) is 33.5 Å². The van der Waals surface area contributed by atoms with Crippen molar-refractivity contribution in [2.75, 3.05) is 25.0 Å². The fraction of sp³-hybridized carbons (Fsp3) is 0.267. The van der Waals surface area contributed by atoms with Gasteiger partial charge in [-0.3, -0.25) is 4.99 Å². The molecule has 1 aliphatic heterocycles. The zero-order chi connectivity index (χ0) is 13.2. The minimum absolute atomic E-state index is 0.423. The van der Waals surface area contributed by atoms with Crippen LogP contribution in [0.2, 0.25) is 0 Å². The van der Waals surface area contributed by atoms with Crippen molar-refractivity contribution in [3.8, 4) is 0 Å². The Bertz CT molecular complexity index is 592. The van der Waals surface area contributed by atoms with Gasteiger partial charge in [0.05, 0.1) is 23.2 Å². The summed E-state index contributed by atoms with van der Waals surface area (Å²) in [7, 11) is 2.01. The van der Waals surface area contributed by atoms with Gasteiger partial charge in [0.25, 0.3) is 0 Å². The van der Waals surface area contributed by atoms with Crippen LogP contribution in [0.1, 0.15) is 10.4 Å². The molecule has 0 bridgehead atoms. The predicted octanol–water partition coefficient (Wildman–Crippen LogP) is 2.40. The molecule has 0 fully saturated rings. The van der Waals surface area contributed by atoms with Crippen LogP contribution in [0, 0.1) is 0 Å². The van der Waals surface area contributed by atoms with Gasteiger partial charge in [0.15, 0.2) is 0 Å². The summed E-state index contributed by atoms with van der Waals surface area (Å²) in [6, 6.07) is 12.3. The molecular weight excluding hydrogens is 256 g/mol. The van der Waals surface area contributed by atoms with Crippen molar-refractivity contribution in [3.63, 3.8) is 0 Å². The fourth-order valence-electron chi connectivity index (χ4n) is 2.38. The van der Waals surface area contributed by atoms with Gasteiger partial charge in [0.2, 0.25) is 0 Å². The van der Waals surface area contributed by atoms with Crippen LogP contribution in [0.3, 0.4) is 0 Å². The number of anilines is 1. The smallest absolute Gasteiger partial charge is 0.0909 e. The van der Waals surface area contributed by atoms with E-state index < -0.39 is 6.10 Å². The second-order valence-electron chi connectivity index (χ2n) is 4.72. The van der Waals surface area contributed by atoms with Crippen molar-refractivity contribution in [3.05, 3.63) is 52.2 Å². The minimum atomic E-state index is -0.423. The van der Waals surface area contributed by atoms with Crippen molar-refractivity contribution in [2.45, 2.75) is 6.10 Å². The highest BCUT2D eigenvalue weighted by Crippen LogP contribution is 2.26. The number of hydrogen-bond acceptors (Lipinski definition) is 4. The van der Waals surface area contributed by atoms with Gasteiger partial charge in [-0.2, -0.15) is 0 Å². The summed E-state index contributed by atoms with van der Waals surface area (Å²) in [4.78, 5) is 7.88. The molecule has 1 aromatic carbocycles. The molecule has 1 aromatic heterocycles. The summed E-state index contributed by atoms with van der Waals surface area (Å²) in [5.41, 5.74) is 3.24. The molecule has 3 rings (SSSR count). The van der Waals surface area contributed by atoms with Gasteiger partial charge in [0.1, 0.15) is 0 Å². The van der Waals surface area contributed by atoms with Crippen LogP contribution in [-0.2, 0) is 0 Å². The molecule has 2 aromatic rings. The van der Waals surface area contributed by atoms with E-state index in [1.807, 2.05) is 25.2 Å². The van der Waals surface area contributed by atoms with Crippen molar-refractivity contribution in [2.24, 2.45) is 4.99 Å². The van der Waals surface area contributed by atoms with E-state index in [9.17, 15) is 5.11 Å². The van der Waals surface area contributed by atoms with Gasteiger partial charge in [-0.25, -0.2) is 0 Å². The Labute approximate surface area is 116 Å². The highest BCUT2D eigenvalue weighted by molar-refractivity contribution is 7.12. The maximum atomic E-state index is 9.98. The first-order valence-corrected chi connectivity index (χ1v) is 7.20. The van der Waals surface area contributed by atoms with E-state index in [1.54, 1.807) is 11.3 Å². The van der Waals surface area contributed by atoms with Gasteiger partial charge < -0.3 is 10.0 Å². The van der Waals surface area contributed by atoms with Gasteiger partial charge in [-0.15, -0.1) is 11.3 Å². The van der Waals surface area contributed by atoms with E-state index >= 15 is 0 Å². The molecule has 0 saturated heterocycles. The normalized spacial score (nSPS) is 19.4. The summed E-state index contributed by atoms with van der Waals surface area (Å²) in [5, 5.41) is 12.0. The molecule has 0 aliphatic carbocycles. The molecule has 0 spiro atoms. The molecule has 19 heavy (non-hydrogen) atoms. The first-order valence-electron chi connectivity index (χ1n) is 6.32. The van der Waals surface area contributed by atoms with Crippen LogP contribution in [0.25, 0.3) is 0 Å². The molecule has 98 valence electrons. The van der Waals surface area contributed by atoms with E-state index in [0.717, 1.165) is 21.8 Å². The summed E-state index contributed by atoms with van der Waals surface area (Å²) in [5.74, 6) is 0. The third-order valence-electron chi connectivity index (χ3n) is 3.27. The average molecular weight is 272 g/mol. The number of aliphatic imine (C=N–C) groups is 1. The standard InChI is InChI=1S/C15H16N2OS/c1-17-10-11(18)9-16-15(14-7-4-8-19-14)12-5-2-3-6-13(12)17/h2-8,11,18H,9-10H2,1H3. The molecule has 0 amide bonds. The van der Waals surface area contributed by atoms with Crippen LogP contribution in [0.5, 0.6) is 0 Å². The van der Waals surface area contributed by atoms with Gasteiger partial charge in [-0.1, -0.05) is 24.3 Å². The Hall–Kier alpha value is -1.65. The number of benzene rings is 1. The van der Waals surface area contributed by atoms with Gasteiger partial charge in [0, 0.05) is 24.8 Å². The fourth-order valence-corrected chi connectivity index (χ4v) is 3.13. The zero-order valence-electron chi connectivity index (χ0n) is 10.8. The van der Waals surface area contributed by atoms with Gasteiger partial charge >= 0.3 is 0 Å². The molecule has 2 heterocycles. The predicted molar refractivity (Wildman–Crippen MR) is 80.5 cm³/mol. The number of thiophene rings is 1. The third-order valence-corrected chi connectivity index (χ3v) is 4.15. The van der Waals surface area contributed by atoms with Gasteiger partial charge in [-0.05, 0) is 17.5 Å². The highest BCUT2D eigenvalue weighted by atomic mass is 32.1. The van der Waals surface area contributed by atoms with Crippen LogP contribution in [0.4, 0.5) is 5.69 Å². The van der Waals surface area contributed by atoms with E-state index in [0.29, 0.717) is 13.1 Å². The Morgan fingerprint density at radius 3 is 2.89 bits per heavy atom. The minimum Gasteiger partial charge on any atom is -0.389 e. The molecule has 0 radical (unpaired) electrons. The summed E-state index contributed by atoms with van der Waals surface area (Å²) >= 11 is 1.68. The lowest BCUT2D eigenvalue weighted by Crippen LogP contribution is -2.34. The molecule has 1 N–H and O–H groups in total. The van der Waals surface area contributed by atoms with Crippen LogP contribution in [0.15, 0.2) is 46.8 Å². The quantitative estimate of drug-likeness (QED) is 0.865. The molecular formula is C15H16N2OS. The van der Waals surface area contributed by atoms with Crippen LogP contribution >= 0.6 is 11.3 Å². The van der Waals surface area contributed by atoms with Crippen molar-refractivity contribution in [1.82, 2.24) is 0 Å². The Morgan fingerprint density at radius 2 is 2.11 bits per heavy atom. The monoisotopic (exact) mass is 272 g/mol. The van der Waals surface area contributed by atoms with E-state index in [4.69, 9.17) is 0 Å². The number of para-hydroxylation sites is 1. The first kappa shape index (κ1) is 12.4. The second kappa shape index (κ2) is 5.15. The zero-order valence-corrected chi connectivity index (χ0v) is 11.6. The van der Waals surface area contributed by atoms with E-state index in [-0.39, 0.29) is 0 Å². The average Bonchev–Trinajstić information content (AvgIpc) is 2.92. The lowest BCUT2D eigenvalue weighted by atomic mass is 10.0. The van der Waals surface area contributed by atoms with Crippen molar-refractivity contribution < 1.29 is 5.11 Å². The lowest BCUT2D eigenvalue weighted by molar-refractivity contribution is 0.190. The maximum Gasteiger partial charge on any atom is 0.0909 e. The summed E-state index contributed by atoms with van der Waals surface area (Å²) in [6.07, 6.45) is -0.423. The number of aliphatic hydroxyl groups is 1. The highest BCUT2D eigenvalue weighted by Gasteiger charge is 2.19. The Morgan fingerprint density at radius 1 is 1.26 bits per heavy atom. The third kappa shape index (κ3) is 2.41. The number of likely N-dealkylation sites (N-methyl/N-ethyl adjacent to an activating group) is 1. The molecule has 3 nitrogen and oxygen atoms in total. The number of nitrogens with zero attached hydrogens (tertiary/aromatic N) is 2.